The second-order valence-electron chi connectivity index (χ2n) is 6.77. The third kappa shape index (κ3) is 4.37. The Bertz CT molecular complexity index is 1070. The topological polar surface area (TPSA) is 30.7 Å². The molecule has 6 heteroatoms. The van der Waals surface area contributed by atoms with Gasteiger partial charge in [-0.2, -0.15) is 13.2 Å². The number of aromatic nitrogens is 3. The lowest BCUT2D eigenvalue weighted by Crippen LogP contribution is -2.08. The van der Waals surface area contributed by atoms with Crippen LogP contribution in [0.15, 0.2) is 84.9 Å². The van der Waals surface area contributed by atoms with E-state index in [4.69, 9.17) is 0 Å². The molecule has 3 nitrogen and oxygen atoms in total. The lowest BCUT2D eigenvalue weighted by Gasteiger charge is -2.11. The van der Waals surface area contributed by atoms with E-state index in [1.54, 1.807) is 0 Å². The van der Waals surface area contributed by atoms with Crippen molar-refractivity contribution in [2.75, 3.05) is 0 Å². The zero-order valence-electron chi connectivity index (χ0n) is 15.5. The van der Waals surface area contributed by atoms with Crippen LogP contribution in [0.1, 0.15) is 22.4 Å². The molecule has 0 aliphatic carbocycles. The summed E-state index contributed by atoms with van der Waals surface area (Å²) in [6.45, 7) is 0.538. The molecule has 0 saturated carbocycles. The Morgan fingerprint density at radius 1 is 0.724 bits per heavy atom. The van der Waals surface area contributed by atoms with E-state index >= 15 is 0 Å². The monoisotopic (exact) mass is 393 g/mol. The minimum atomic E-state index is -4.34. The number of hydrogen-bond donors (Lipinski definition) is 0. The number of rotatable bonds is 5. The van der Waals surface area contributed by atoms with Crippen molar-refractivity contribution < 1.29 is 13.2 Å². The molecule has 29 heavy (non-hydrogen) atoms. The first kappa shape index (κ1) is 18.9. The van der Waals surface area contributed by atoms with Gasteiger partial charge in [0, 0.05) is 12.0 Å². The number of halogens is 3. The van der Waals surface area contributed by atoms with Crippen LogP contribution in [0, 0.1) is 0 Å². The Morgan fingerprint density at radius 2 is 1.34 bits per heavy atom. The van der Waals surface area contributed by atoms with Gasteiger partial charge in [0.1, 0.15) is 5.69 Å². The minimum absolute atomic E-state index is 0.433. The van der Waals surface area contributed by atoms with Crippen molar-refractivity contribution in [3.63, 3.8) is 0 Å². The molecule has 1 aromatic heterocycles. The molecule has 1 heterocycles. The minimum Gasteiger partial charge on any atom is -0.244 e. The fourth-order valence-electron chi connectivity index (χ4n) is 3.22. The molecule has 0 atom stereocenters. The maximum absolute atomic E-state index is 12.9. The molecule has 4 aromatic rings. The number of alkyl halides is 3. The van der Waals surface area contributed by atoms with E-state index in [0.717, 1.165) is 40.2 Å². The molecule has 0 fully saturated rings. The number of benzene rings is 3. The van der Waals surface area contributed by atoms with Crippen LogP contribution in [0.3, 0.4) is 0 Å². The molecule has 0 unspecified atom stereocenters. The summed E-state index contributed by atoms with van der Waals surface area (Å²) in [6.07, 6.45) is -3.91. The first-order chi connectivity index (χ1) is 14.0. The average molecular weight is 393 g/mol. The first-order valence-electron chi connectivity index (χ1n) is 9.18. The van der Waals surface area contributed by atoms with Gasteiger partial charge >= 0.3 is 6.18 Å². The Kier molecular flexibility index (Phi) is 5.16. The predicted octanol–water partition coefficient (Wildman–Crippen LogP) is 5.60. The lowest BCUT2D eigenvalue weighted by molar-refractivity contribution is -0.137. The van der Waals surface area contributed by atoms with Crippen LogP contribution in [-0.4, -0.2) is 15.0 Å². The summed E-state index contributed by atoms with van der Waals surface area (Å²) in [4.78, 5) is 0. The average Bonchev–Trinajstić information content (AvgIpc) is 3.11. The molecule has 4 rings (SSSR count). The second-order valence-corrected chi connectivity index (χ2v) is 6.77. The first-order valence-corrected chi connectivity index (χ1v) is 9.18. The van der Waals surface area contributed by atoms with Gasteiger partial charge in [0.25, 0.3) is 0 Å². The molecule has 0 aliphatic rings. The van der Waals surface area contributed by atoms with Crippen LogP contribution in [0.4, 0.5) is 13.2 Å². The van der Waals surface area contributed by atoms with E-state index in [1.165, 1.54) is 12.1 Å². The second kappa shape index (κ2) is 7.91. The third-order valence-corrected chi connectivity index (χ3v) is 4.71. The SMILES string of the molecule is FC(F)(F)c1ccc(Cc2c(-c3ccccc3)nnn2Cc2ccccc2)cc1. The normalized spacial score (nSPS) is 11.6. The fraction of sp³-hybridized carbons (Fsp3) is 0.130. The van der Waals surface area contributed by atoms with Gasteiger partial charge in [-0.25, -0.2) is 4.68 Å². The summed E-state index contributed by atoms with van der Waals surface area (Å²) in [7, 11) is 0. The highest BCUT2D eigenvalue weighted by Crippen LogP contribution is 2.30. The van der Waals surface area contributed by atoms with Gasteiger partial charge in [0.05, 0.1) is 17.8 Å². The zero-order valence-corrected chi connectivity index (χ0v) is 15.5. The number of nitrogens with zero attached hydrogens (tertiary/aromatic N) is 3. The maximum atomic E-state index is 12.9. The van der Waals surface area contributed by atoms with Crippen molar-refractivity contribution in [1.82, 2.24) is 15.0 Å². The molecular formula is C23H18F3N3. The fourth-order valence-corrected chi connectivity index (χ4v) is 3.22. The molecule has 3 aromatic carbocycles. The molecule has 0 radical (unpaired) electrons. The quantitative estimate of drug-likeness (QED) is 0.442. The van der Waals surface area contributed by atoms with Crippen LogP contribution in [0.25, 0.3) is 11.3 Å². The highest BCUT2D eigenvalue weighted by Gasteiger charge is 2.30. The van der Waals surface area contributed by atoms with E-state index in [9.17, 15) is 13.2 Å². The Morgan fingerprint density at radius 3 is 1.97 bits per heavy atom. The summed E-state index contributed by atoms with van der Waals surface area (Å²) < 4.78 is 40.4. The molecule has 0 aliphatic heterocycles. The Hall–Kier alpha value is -3.41. The van der Waals surface area contributed by atoms with Crippen LogP contribution in [0.5, 0.6) is 0 Å². The van der Waals surface area contributed by atoms with E-state index in [1.807, 2.05) is 65.3 Å². The largest absolute Gasteiger partial charge is 0.416 e. The molecule has 146 valence electrons. The van der Waals surface area contributed by atoms with Gasteiger partial charge in [0.15, 0.2) is 0 Å². The van der Waals surface area contributed by atoms with Crippen LogP contribution >= 0.6 is 0 Å². The Balaban J connectivity index is 1.70. The van der Waals surface area contributed by atoms with Crippen LogP contribution in [0.2, 0.25) is 0 Å². The van der Waals surface area contributed by atoms with Crippen LogP contribution in [-0.2, 0) is 19.1 Å². The van der Waals surface area contributed by atoms with Crippen molar-refractivity contribution in [3.05, 3.63) is 107 Å². The van der Waals surface area contributed by atoms with Gasteiger partial charge in [-0.15, -0.1) is 5.10 Å². The molecule has 0 amide bonds. The van der Waals surface area contributed by atoms with E-state index in [-0.39, 0.29) is 0 Å². The molecule has 0 N–H and O–H groups in total. The highest BCUT2D eigenvalue weighted by molar-refractivity contribution is 5.61. The summed E-state index contributed by atoms with van der Waals surface area (Å²) in [6, 6.07) is 24.8. The van der Waals surface area contributed by atoms with E-state index in [2.05, 4.69) is 10.3 Å². The van der Waals surface area contributed by atoms with Gasteiger partial charge in [-0.1, -0.05) is 78.0 Å². The van der Waals surface area contributed by atoms with Gasteiger partial charge in [-0.05, 0) is 23.3 Å². The molecule has 0 spiro atoms. The molecule has 0 saturated heterocycles. The standard InChI is InChI=1S/C23H18F3N3/c24-23(25,26)20-13-11-17(12-14-20)15-21-22(19-9-5-2-6-10-19)27-28-29(21)16-18-7-3-1-4-8-18/h1-14H,15-16H2. The Labute approximate surface area is 166 Å². The highest BCUT2D eigenvalue weighted by atomic mass is 19.4. The number of hydrogen-bond acceptors (Lipinski definition) is 2. The lowest BCUT2D eigenvalue weighted by atomic mass is 10.0. The van der Waals surface area contributed by atoms with Crippen molar-refractivity contribution in [2.24, 2.45) is 0 Å². The van der Waals surface area contributed by atoms with Crippen LogP contribution < -0.4 is 0 Å². The third-order valence-electron chi connectivity index (χ3n) is 4.71. The van der Waals surface area contributed by atoms with Gasteiger partial charge in [0.2, 0.25) is 0 Å². The summed E-state index contributed by atoms with van der Waals surface area (Å²) in [5, 5.41) is 8.70. The predicted molar refractivity (Wildman–Crippen MR) is 105 cm³/mol. The summed E-state index contributed by atoms with van der Waals surface area (Å²) >= 11 is 0. The van der Waals surface area contributed by atoms with Crippen molar-refractivity contribution in [2.45, 2.75) is 19.1 Å². The molecule has 0 bridgehead atoms. The van der Waals surface area contributed by atoms with Gasteiger partial charge in [-0.3, -0.25) is 0 Å². The summed E-state index contributed by atoms with van der Waals surface area (Å²) in [5.74, 6) is 0. The summed E-state index contributed by atoms with van der Waals surface area (Å²) in [5.41, 5.74) is 3.72. The van der Waals surface area contributed by atoms with Crippen molar-refractivity contribution in [1.29, 1.82) is 0 Å². The maximum Gasteiger partial charge on any atom is 0.416 e. The van der Waals surface area contributed by atoms with E-state index < -0.39 is 11.7 Å². The van der Waals surface area contributed by atoms with Gasteiger partial charge < -0.3 is 0 Å². The van der Waals surface area contributed by atoms with E-state index in [0.29, 0.717) is 13.0 Å². The smallest absolute Gasteiger partial charge is 0.244 e. The molecular weight excluding hydrogens is 375 g/mol. The zero-order chi connectivity index (χ0) is 20.3. The van der Waals surface area contributed by atoms with Crippen molar-refractivity contribution in [3.8, 4) is 11.3 Å². The van der Waals surface area contributed by atoms with Crippen molar-refractivity contribution >= 4 is 0 Å².